The Kier molecular flexibility index (Phi) is 7.19. The minimum absolute atomic E-state index is 0.00124. The highest BCUT2D eigenvalue weighted by molar-refractivity contribution is 5.96. The second kappa shape index (κ2) is 10.2. The first kappa shape index (κ1) is 21.1. The van der Waals surface area contributed by atoms with Crippen molar-refractivity contribution in [3.63, 3.8) is 0 Å². The molecule has 0 spiro atoms. The molecule has 1 aliphatic heterocycles. The van der Waals surface area contributed by atoms with E-state index in [4.69, 9.17) is 4.74 Å². The number of benzene rings is 2. The van der Waals surface area contributed by atoms with Crippen LogP contribution in [-0.4, -0.2) is 23.8 Å². The van der Waals surface area contributed by atoms with Gasteiger partial charge in [0.15, 0.2) is 0 Å². The summed E-state index contributed by atoms with van der Waals surface area (Å²) >= 11 is 0. The first-order chi connectivity index (χ1) is 14.7. The molecule has 1 aliphatic carbocycles. The van der Waals surface area contributed by atoms with Crippen LogP contribution in [0.4, 0.5) is 5.69 Å². The number of aliphatic hydroxyl groups excluding tert-OH is 1. The molecule has 160 valence electrons. The molecular weight excluding hydrogens is 374 g/mol. The lowest BCUT2D eigenvalue weighted by Crippen LogP contribution is -2.34. The lowest BCUT2D eigenvalue weighted by molar-refractivity contribution is -0.117. The van der Waals surface area contributed by atoms with Gasteiger partial charge in [0.1, 0.15) is 12.8 Å². The molecule has 1 amide bonds. The fraction of sp³-hybridized carbons (Fsp3) is 0.500. The molecular formula is C26H33NO3. The Bertz CT molecular complexity index is 799. The van der Waals surface area contributed by atoms with Crippen LogP contribution in [-0.2, 0) is 16.0 Å². The summed E-state index contributed by atoms with van der Waals surface area (Å²) in [5.74, 6) is 0.774. The van der Waals surface area contributed by atoms with Crippen molar-refractivity contribution in [2.45, 2.75) is 70.1 Å². The quantitative estimate of drug-likeness (QED) is 0.637. The van der Waals surface area contributed by atoms with Gasteiger partial charge in [0.25, 0.3) is 5.91 Å². The average molecular weight is 408 g/mol. The Morgan fingerprint density at radius 3 is 2.43 bits per heavy atom. The van der Waals surface area contributed by atoms with Crippen LogP contribution in [0.2, 0.25) is 0 Å². The summed E-state index contributed by atoms with van der Waals surface area (Å²) in [4.78, 5) is 14.2. The summed E-state index contributed by atoms with van der Waals surface area (Å²) in [6.07, 6.45) is 9.55. The van der Waals surface area contributed by atoms with Crippen LogP contribution in [0.25, 0.3) is 0 Å². The number of amides is 1. The van der Waals surface area contributed by atoms with E-state index in [0.29, 0.717) is 0 Å². The SMILES string of the molecule is O=C1COC(CCc2ccccc2)N1c1ccc(C(O)CCC2CCCCC2)cc1. The smallest absolute Gasteiger partial charge is 0.255 e. The maximum Gasteiger partial charge on any atom is 0.255 e. The molecule has 0 bridgehead atoms. The average Bonchev–Trinajstić information content (AvgIpc) is 3.18. The lowest BCUT2D eigenvalue weighted by atomic mass is 9.85. The van der Waals surface area contributed by atoms with Crippen molar-refractivity contribution < 1.29 is 14.6 Å². The number of rotatable bonds is 8. The van der Waals surface area contributed by atoms with Crippen molar-refractivity contribution in [3.8, 4) is 0 Å². The Balaban J connectivity index is 1.34. The molecule has 1 saturated carbocycles. The van der Waals surface area contributed by atoms with Gasteiger partial charge in [-0.3, -0.25) is 9.69 Å². The highest BCUT2D eigenvalue weighted by Gasteiger charge is 2.32. The Hall–Kier alpha value is -2.17. The van der Waals surface area contributed by atoms with Gasteiger partial charge in [0, 0.05) is 5.69 Å². The van der Waals surface area contributed by atoms with E-state index < -0.39 is 6.10 Å². The lowest BCUT2D eigenvalue weighted by Gasteiger charge is -2.24. The molecule has 4 nitrogen and oxygen atoms in total. The van der Waals surface area contributed by atoms with Crippen LogP contribution in [0.15, 0.2) is 54.6 Å². The molecule has 2 atom stereocenters. The van der Waals surface area contributed by atoms with Gasteiger partial charge >= 0.3 is 0 Å². The molecule has 2 unspecified atom stereocenters. The second-order valence-corrected chi connectivity index (χ2v) is 8.74. The summed E-state index contributed by atoms with van der Waals surface area (Å²) in [6, 6.07) is 18.1. The van der Waals surface area contributed by atoms with Gasteiger partial charge in [-0.2, -0.15) is 0 Å². The van der Waals surface area contributed by atoms with Crippen LogP contribution in [0.3, 0.4) is 0 Å². The van der Waals surface area contributed by atoms with Crippen molar-refractivity contribution in [2.24, 2.45) is 5.92 Å². The number of carbonyl (C=O) groups is 1. The van der Waals surface area contributed by atoms with Crippen LogP contribution >= 0.6 is 0 Å². The topological polar surface area (TPSA) is 49.8 Å². The van der Waals surface area contributed by atoms with Gasteiger partial charge in [0.2, 0.25) is 0 Å². The molecule has 4 heteroatoms. The zero-order valence-electron chi connectivity index (χ0n) is 17.7. The number of hydrogen-bond donors (Lipinski definition) is 1. The van der Waals surface area contributed by atoms with Gasteiger partial charge in [-0.05, 0) is 54.9 Å². The number of anilines is 1. The summed E-state index contributed by atoms with van der Waals surface area (Å²) < 4.78 is 5.76. The number of carbonyl (C=O) groups excluding carboxylic acids is 1. The summed E-state index contributed by atoms with van der Waals surface area (Å²) in [5, 5.41) is 10.6. The van der Waals surface area contributed by atoms with Crippen molar-refractivity contribution in [3.05, 3.63) is 65.7 Å². The highest BCUT2D eigenvalue weighted by atomic mass is 16.5. The van der Waals surface area contributed by atoms with Crippen LogP contribution in [0.1, 0.15) is 68.6 Å². The van der Waals surface area contributed by atoms with E-state index in [-0.39, 0.29) is 18.7 Å². The van der Waals surface area contributed by atoms with Crippen molar-refractivity contribution in [2.75, 3.05) is 11.5 Å². The third-order valence-corrected chi connectivity index (χ3v) is 6.61. The molecule has 1 heterocycles. The highest BCUT2D eigenvalue weighted by Crippen LogP contribution is 2.32. The van der Waals surface area contributed by atoms with E-state index in [0.717, 1.165) is 42.9 Å². The molecule has 0 radical (unpaired) electrons. The van der Waals surface area contributed by atoms with E-state index in [2.05, 4.69) is 12.1 Å². The summed E-state index contributed by atoms with van der Waals surface area (Å²) in [6.45, 7) is 0.130. The van der Waals surface area contributed by atoms with Gasteiger partial charge in [-0.15, -0.1) is 0 Å². The van der Waals surface area contributed by atoms with Gasteiger partial charge < -0.3 is 9.84 Å². The normalized spacial score (nSPS) is 21.2. The van der Waals surface area contributed by atoms with Gasteiger partial charge in [0.05, 0.1) is 6.10 Å². The number of nitrogens with zero attached hydrogens (tertiary/aromatic N) is 1. The minimum Gasteiger partial charge on any atom is -0.388 e. The summed E-state index contributed by atoms with van der Waals surface area (Å²) in [7, 11) is 0. The molecule has 2 aromatic rings. The zero-order valence-corrected chi connectivity index (χ0v) is 17.7. The Morgan fingerprint density at radius 2 is 1.70 bits per heavy atom. The number of aliphatic hydroxyl groups is 1. The first-order valence-electron chi connectivity index (χ1n) is 11.5. The van der Waals surface area contributed by atoms with Crippen LogP contribution in [0, 0.1) is 5.92 Å². The molecule has 2 fully saturated rings. The number of aryl methyl sites for hydroxylation is 1. The fourth-order valence-corrected chi connectivity index (χ4v) is 4.82. The standard InChI is InChI=1S/C26H33NO3/c28-24(17-11-20-7-3-1-4-8-20)22-13-15-23(16-14-22)27-25(29)19-30-26(27)18-12-21-9-5-2-6-10-21/h2,5-6,9-10,13-16,20,24,26,28H,1,3-4,7-8,11-12,17-19H2. The van der Waals surface area contributed by atoms with E-state index in [1.165, 1.54) is 37.7 Å². The van der Waals surface area contributed by atoms with Crippen LogP contribution in [0.5, 0.6) is 0 Å². The Morgan fingerprint density at radius 1 is 0.967 bits per heavy atom. The molecule has 2 aliphatic rings. The first-order valence-corrected chi connectivity index (χ1v) is 11.5. The summed E-state index contributed by atoms with van der Waals surface area (Å²) in [5.41, 5.74) is 3.03. The van der Waals surface area contributed by atoms with Gasteiger partial charge in [-0.25, -0.2) is 0 Å². The predicted octanol–water partition coefficient (Wildman–Crippen LogP) is 5.40. The van der Waals surface area contributed by atoms with Crippen molar-refractivity contribution >= 4 is 11.6 Å². The largest absolute Gasteiger partial charge is 0.388 e. The zero-order chi connectivity index (χ0) is 20.8. The predicted molar refractivity (Wildman–Crippen MR) is 119 cm³/mol. The third kappa shape index (κ3) is 5.30. The minimum atomic E-state index is -0.430. The second-order valence-electron chi connectivity index (χ2n) is 8.74. The van der Waals surface area contributed by atoms with E-state index in [9.17, 15) is 9.90 Å². The molecule has 0 aromatic heterocycles. The number of hydrogen-bond acceptors (Lipinski definition) is 3. The van der Waals surface area contributed by atoms with Crippen molar-refractivity contribution in [1.82, 2.24) is 0 Å². The molecule has 2 aromatic carbocycles. The third-order valence-electron chi connectivity index (χ3n) is 6.61. The van der Waals surface area contributed by atoms with Crippen molar-refractivity contribution in [1.29, 1.82) is 0 Å². The Labute approximate surface area is 179 Å². The van der Waals surface area contributed by atoms with Crippen LogP contribution < -0.4 is 4.90 Å². The van der Waals surface area contributed by atoms with E-state index in [1.54, 1.807) is 4.90 Å². The fourth-order valence-electron chi connectivity index (χ4n) is 4.82. The maximum atomic E-state index is 12.4. The van der Waals surface area contributed by atoms with E-state index in [1.807, 2.05) is 42.5 Å². The molecule has 1 saturated heterocycles. The molecule has 4 rings (SSSR count). The molecule has 30 heavy (non-hydrogen) atoms. The maximum absolute atomic E-state index is 12.4. The number of ether oxygens (including phenoxy) is 1. The monoisotopic (exact) mass is 407 g/mol. The molecule has 1 N–H and O–H groups in total. The van der Waals surface area contributed by atoms with E-state index >= 15 is 0 Å². The van der Waals surface area contributed by atoms with Gasteiger partial charge in [-0.1, -0.05) is 74.6 Å².